The summed E-state index contributed by atoms with van der Waals surface area (Å²) in [6, 6.07) is 4.20. The van der Waals surface area contributed by atoms with Gasteiger partial charge in [-0.3, -0.25) is 0 Å². The predicted molar refractivity (Wildman–Crippen MR) is 127 cm³/mol. The van der Waals surface area contributed by atoms with E-state index in [2.05, 4.69) is 54.4 Å². The summed E-state index contributed by atoms with van der Waals surface area (Å²) in [4.78, 5) is 12.2. The third kappa shape index (κ3) is 4.89. The summed E-state index contributed by atoms with van der Waals surface area (Å²) in [5, 5.41) is 0.0374. The molecule has 2 aromatic heterocycles. The first-order chi connectivity index (χ1) is 14.8. The Balaban J connectivity index is 1.63. The number of ether oxygens (including phenoxy) is 1. The molecule has 0 saturated carbocycles. The first-order valence-electron chi connectivity index (χ1n) is 10.1. The van der Waals surface area contributed by atoms with Gasteiger partial charge in [0.2, 0.25) is 0 Å². The summed E-state index contributed by atoms with van der Waals surface area (Å²) in [6.07, 6.45) is 1.24. The van der Waals surface area contributed by atoms with Crippen LogP contribution in [0.5, 0.6) is 5.75 Å². The van der Waals surface area contributed by atoms with E-state index in [1.807, 2.05) is 18.4 Å². The van der Waals surface area contributed by atoms with Crippen LogP contribution in [0.3, 0.4) is 0 Å². The molecule has 3 N–H and O–H groups in total. The zero-order valence-electron chi connectivity index (χ0n) is 17.3. The lowest BCUT2D eigenvalue weighted by atomic mass is 10.1. The van der Waals surface area contributed by atoms with Gasteiger partial charge in [-0.2, -0.15) is 14.4 Å². The normalized spacial score (nSPS) is 14.3. The third-order valence-corrected chi connectivity index (χ3v) is 7.46. The Morgan fingerprint density at radius 2 is 2.16 bits per heavy atom. The van der Waals surface area contributed by atoms with Gasteiger partial charge >= 0.3 is 6.08 Å². The number of nitrogen functional groups attached to an aromatic ring is 1. The molecule has 8 nitrogen and oxygen atoms in total. The van der Waals surface area contributed by atoms with Crippen LogP contribution in [0.4, 0.5) is 10.2 Å². The number of fused-ring (bicyclic) bond motifs is 2. The third-order valence-electron chi connectivity index (χ3n) is 5.11. The molecular weight excluding hydrogens is 534 g/mol. The lowest BCUT2D eigenvalue weighted by molar-refractivity contribution is 0.356. The van der Waals surface area contributed by atoms with Crippen LogP contribution >= 0.6 is 22.6 Å². The van der Waals surface area contributed by atoms with E-state index in [0.29, 0.717) is 43.7 Å². The number of rotatable bonds is 8. The molecular formula is C20H24FIN6O2S. The Hall–Kier alpha value is -1.70. The van der Waals surface area contributed by atoms with Gasteiger partial charge in [-0.25, -0.2) is 4.98 Å². The van der Waals surface area contributed by atoms with Crippen molar-refractivity contribution in [1.82, 2.24) is 24.2 Å². The molecule has 1 unspecified atom stereocenters. The van der Waals surface area contributed by atoms with Crippen molar-refractivity contribution < 1.29 is 13.7 Å². The van der Waals surface area contributed by atoms with E-state index >= 15 is 0 Å². The van der Waals surface area contributed by atoms with Crippen molar-refractivity contribution in [2.45, 2.75) is 44.9 Å². The number of benzene rings is 1. The summed E-state index contributed by atoms with van der Waals surface area (Å²) in [5.74, 6) is 1.65. The quantitative estimate of drug-likeness (QED) is 0.189. The number of nitrogens with two attached hydrogens (primary N) is 1. The summed E-state index contributed by atoms with van der Waals surface area (Å²) in [6.45, 7) is 5.58. The standard InChI is InChI=1S/C20H24FIN6O2S/c1-11(2)31(29)24-5-3-6-28-16(25-17-18(23)26-20(21)27-19(17)28)10-13-9-15-12(4-7-30-15)8-14(13)22/h8-9,11,24H,3-7,10H2,1-2H3,(H2,23,26,27). The molecule has 0 fully saturated rings. The van der Waals surface area contributed by atoms with Crippen LogP contribution in [-0.4, -0.2) is 42.5 Å². The summed E-state index contributed by atoms with van der Waals surface area (Å²) >= 11 is 1.23. The second-order valence-electron chi connectivity index (χ2n) is 7.65. The van der Waals surface area contributed by atoms with Crippen molar-refractivity contribution >= 4 is 50.9 Å². The van der Waals surface area contributed by atoms with E-state index in [1.165, 1.54) is 5.56 Å². The van der Waals surface area contributed by atoms with Crippen molar-refractivity contribution in [3.63, 3.8) is 0 Å². The molecule has 1 atom stereocenters. The molecule has 3 heterocycles. The smallest absolute Gasteiger partial charge is 0.312 e. The predicted octanol–water partition coefficient (Wildman–Crippen LogP) is 2.73. The van der Waals surface area contributed by atoms with E-state index in [1.54, 1.807) is 0 Å². The summed E-state index contributed by atoms with van der Waals surface area (Å²) in [7, 11) is 0. The van der Waals surface area contributed by atoms with E-state index in [4.69, 9.17) is 10.5 Å². The molecule has 1 aliphatic heterocycles. The zero-order chi connectivity index (χ0) is 22.1. The SMILES string of the molecule is CC(C)[S+]([O-])NCCCn1c(Cc2cc3c(cc2I)CCO3)nc2c(N)nc(F)nc21. The molecule has 0 aliphatic carbocycles. The van der Waals surface area contributed by atoms with Crippen LogP contribution in [0.1, 0.15) is 37.2 Å². The van der Waals surface area contributed by atoms with Crippen LogP contribution in [0.15, 0.2) is 12.1 Å². The number of nitrogens with one attached hydrogen (secondary N) is 1. The Bertz CT molecular complexity index is 1110. The van der Waals surface area contributed by atoms with E-state index in [9.17, 15) is 8.94 Å². The van der Waals surface area contributed by atoms with Gasteiger partial charge in [-0.05, 0) is 66.1 Å². The highest BCUT2D eigenvalue weighted by Crippen LogP contribution is 2.31. The Kier molecular flexibility index (Phi) is 6.84. The maximum absolute atomic E-state index is 13.9. The van der Waals surface area contributed by atoms with Crippen LogP contribution in [-0.2, 0) is 30.7 Å². The molecule has 4 rings (SSSR count). The van der Waals surface area contributed by atoms with Gasteiger partial charge < -0.3 is 19.6 Å². The van der Waals surface area contributed by atoms with E-state index < -0.39 is 17.4 Å². The minimum Gasteiger partial charge on any atom is -0.598 e. The molecule has 1 aliphatic rings. The fraction of sp³-hybridized carbons (Fsp3) is 0.450. The molecule has 0 saturated heterocycles. The second kappa shape index (κ2) is 9.43. The highest BCUT2D eigenvalue weighted by molar-refractivity contribution is 14.1. The molecule has 31 heavy (non-hydrogen) atoms. The fourth-order valence-corrected chi connectivity index (χ4v) is 4.93. The van der Waals surface area contributed by atoms with Crippen molar-refractivity contribution in [3.8, 4) is 5.75 Å². The molecule has 0 bridgehead atoms. The minimum absolute atomic E-state index is 0.0218. The molecule has 11 heteroatoms. The number of anilines is 1. The first-order valence-corrected chi connectivity index (χ1v) is 12.4. The number of imidazole rings is 1. The van der Waals surface area contributed by atoms with Crippen LogP contribution in [0, 0.1) is 9.65 Å². The van der Waals surface area contributed by atoms with Gasteiger partial charge in [-0.15, -0.1) is 4.72 Å². The topological polar surface area (TPSA) is 114 Å². The first kappa shape index (κ1) is 22.5. The van der Waals surface area contributed by atoms with Gasteiger partial charge in [0.05, 0.1) is 6.61 Å². The second-order valence-corrected chi connectivity index (χ2v) is 10.6. The molecule has 0 amide bonds. The Labute approximate surface area is 196 Å². The van der Waals surface area contributed by atoms with Gasteiger partial charge in [0.25, 0.3) is 0 Å². The number of halogens is 2. The van der Waals surface area contributed by atoms with Crippen molar-refractivity contribution in [3.05, 3.63) is 38.7 Å². The maximum atomic E-state index is 13.9. The average Bonchev–Trinajstić information content (AvgIpc) is 3.29. The Morgan fingerprint density at radius 3 is 2.94 bits per heavy atom. The monoisotopic (exact) mass is 558 g/mol. The van der Waals surface area contributed by atoms with Crippen molar-refractivity contribution in [2.75, 3.05) is 18.9 Å². The maximum Gasteiger partial charge on any atom is 0.312 e. The lowest BCUT2D eigenvalue weighted by Gasteiger charge is -2.15. The minimum atomic E-state index is -1.09. The van der Waals surface area contributed by atoms with Crippen molar-refractivity contribution in [2.24, 2.45) is 0 Å². The molecule has 1 aromatic carbocycles. The summed E-state index contributed by atoms with van der Waals surface area (Å²) < 4.78 is 37.6. The molecule has 3 aromatic rings. The van der Waals surface area contributed by atoms with Gasteiger partial charge in [0.15, 0.2) is 17.0 Å². The van der Waals surface area contributed by atoms with Gasteiger partial charge in [-0.1, -0.05) is 0 Å². The van der Waals surface area contributed by atoms with Gasteiger partial charge in [0.1, 0.15) is 16.8 Å². The van der Waals surface area contributed by atoms with Crippen molar-refractivity contribution in [1.29, 1.82) is 0 Å². The van der Waals surface area contributed by atoms with E-state index in [0.717, 1.165) is 27.1 Å². The van der Waals surface area contributed by atoms with Crippen LogP contribution in [0.2, 0.25) is 0 Å². The average molecular weight is 558 g/mol. The number of aromatic nitrogens is 4. The highest BCUT2D eigenvalue weighted by atomic mass is 127. The highest BCUT2D eigenvalue weighted by Gasteiger charge is 2.20. The fourth-order valence-electron chi connectivity index (χ4n) is 3.53. The number of aryl methyl sites for hydroxylation is 1. The largest absolute Gasteiger partial charge is 0.598 e. The van der Waals surface area contributed by atoms with Crippen LogP contribution < -0.4 is 15.2 Å². The van der Waals surface area contributed by atoms with E-state index in [-0.39, 0.29) is 11.1 Å². The molecule has 0 radical (unpaired) electrons. The van der Waals surface area contributed by atoms with Crippen LogP contribution in [0.25, 0.3) is 11.2 Å². The Morgan fingerprint density at radius 1 is 1.35 bits per heavy atom. The molecule has 166 valence electrons. The van der Waals surface area contributed by atoms with Gasteiger partial charge in [0, 0.05) is 40.9 Å². The number of nitrogens with zero attached hydrogens (tertiary/aromatic N) is 4. The number of hydrogen-bond donors (Lipinski definition) is 2. The summed E-state index contributed by atoms with van der Waals surface area (Å²) in [5.41, 5.74) is 8.97. The zero-order valence-corrected chi connectivity index (χ0v) is 20.3. The lowest BCUT2D eigenvalue weighted by Crippen LogP contribution is -2.32. The number of hydrogen-bond acceptors (Lipinski definition) is 7. The molecule has 0 spiro atoms.